The molecule has 2 aromatic carbocycles. The van der Waals surface area contributed by atoms with Crippen molar-refractivity contribution in [1.82, 2.24) is 0 Å². The summed E-state index contributed by atoms with van der Waals surface area (Å²) in [7, 11) is -3.48. The van der Waals surface area contributed by atoms with Crippen molar-refractivity contribution in [1.29, 1.82) is 0 Å². The van der Waals surface area contributed by atoms with Gasteiger partial charge < -0.3 is 9.47 Å². The van der Waals surface area contributed by atoms with E-state index in [0.717, 1.165) is 5.56 Å². The molecule has 0 N–H and O–H groups in total. The monoisotopic (exact) mass is 348 g/mol. The first-order chi connectivity index (χ1) is 11.4. The minimum atomic E-state index is -3.48. The Morgan fingerprint density at radius 2 is 1.67 bits per heavy atom. The molecule has 0 amide bonds. The number of sulfone groups is 1. The minimum absolute atomic E-state index is 0.00282. The van der Waals surface area contributed by atoms with Crippen LogP contribution >= 0.6 is 0 Å². The van der Waals surface area contributed by atoms with Gasteiger partial charge in [0.1, 0.15) is 19.0 Å². The molecule has 0 atom stereocenters. The molecule has 0 fully saturated rings. The van der Waals surface area contributed by atoms with Gasteiger partial charge in [0, 0.05) is 0 Å². The quantitative estimate of drug-likeness (QED) is 0.568. The smallest absolute Gasteiger partial charge is 0.339 e. The number of benzene rings is 2. The highest BCUT2D eigenvalue weighted by atomic mass is 32.2. The van der Waals surface area contributed by atoms with Gasteiger partial charge in [-0.3, -0.25) is 0 Å². The first-order valence-corrected chi connectivity index (χ1v) is 9.27. The van der Waals surface area contributed by atoms with Gasteiger partial charge in [-0.05, 0) is 31.2 Å². The second kappa shape index (κ2) is 7.97. The lowest BCUT2D eigenvalue weighted by atomic mass is 10.2. The largest absolute Gasteiger partial charge is 0.490 e. The van der Waals surface area contributed by atoms with Crippen LogP contribution in [0.2, 0.25) is 0 Å². The van der Waals surface area contributed by atoms with Crippen molar-refractivity contribution < 1.29 is 22.7 Å². The van der Waals surface area contributed by atoms with Crippen molar-refractivity contribution in [3.8, 4) is 5.75 Å². The van der Waals surface area contributed by atoms with Crippen LogP contribution in [0.1, 0.15) is 22.8 Å². The fourth-order valence-corrected chi connectivity index (χ4v) is 3.15. The molecule has 2 aromatic rings. The Labute approximate surface area is 142 Å². The number of esters is 1. The number of hydrogen-bond donors (Lipinski definition) is 0. The predicted molar refractivity (Wildman–Crippen MR) is 91.1 cm³/mol. The zero-order valence-corrected chi connectivity index (χ0v) is 14.5. The summed E-state index contributed by atoms with van der Waals surface area (Å²) in [6.45, 7) is 3.74. The fraction of sp³-hybridized carbons (Fsp3) is 0.278. The van der Waals surface area contributed by atoms with Crippen molar-refractivity contribution in [3.05, 3.63) is 59.7 Å². The Morgan fingerprint density at radius 1 is 1.00 bits per heavy atom. The van der Waals surface area contributed by atoms with Crippen LogP contribution in [-0.4, -0.2) is 33.4 Å². The van der Waals surface area contributed by atoms with Gasteiger partial charge in [0.05, 0.1) is 16.2 Å². The molecule has 0 aromatic heterocycles. The molecule has 5 nitrogen and oxygen atoms in total. The maximum atomic E-state index is 12.1. The van der Waals surface area contributed by atoms with E-state index >= 15 is 0 Å². The van der Waals surface area contributed by atoms with Gasteiger partial charge >= 0.3 is 5.97 Å². The normalized spacial score (nSPS) is 11.1. The molecule has 0 bridgehead atoms. The number of carbonyl (C=O) groups excluding carboxylic acids is 1. The SMILES string of the molecule is CCS(=O)(=O)c1ccccc1C(=O)OCCOc1ccc(C)cc1. The van der Waals surface area contributed by atoms with E-state index in [1.54, 1.807) is 12.1 Å². The second-order valence-electron chi connectivity index (χ2n) is 5.20. The summed E-state index contributed by atoms with van der Waals surface area (Å²) >= 11 is 0. The summed E-state index contributed by atoms with van der Waals surface area (Å²) in [4.78, 5) is 12.1. The maximum Gasteiger partial charge on any atom is 0.339 e. The molecular weight excluding hydrogens is 328 g/mol. The van der Waals surface area contributed by atoms with E-state index in [-0.39, 0.29) is 29.4 Å². The molecule has 0 heterocycles. The summed E-state index contributed by atoms with van der Waals surface area (Å²) in [5.41, 5.74) is 1.18. The van der Waals surface area contributed by atoms with Crippen LogP contribution in [0.15, 0.2) is 53.4 Å². The Morgan fingerprint density at radius 3 is 2.33 bits per heavy atom. The average Bonchev–Trinajstić information content (AvgIpc) is 2.60. The molecule has 6 heteroatoms. The molecule has 128 valence electrons. The van der Waals surface area contributed by atoms with Gasteiger partial charge in [-0.25, -0.2) is 13.2 Å². The molecular formula is C18H20O5S. The van der Waals surface area contributed by atoms with Crippen LogP contribution in [0.3, 0.4) is 0 Å². The summed E-state index contributed by atoms with van der Waals surface area (Å²) in [6.07, 6.45) is 0. The van der Waals surface area contributed by atoms with E-state index in [2.05, 4.69) is 0 Å². The third-order valence-corrected chi connectivity index (χ3v) is 5.21. The minimum Gasteiger partial charge on any atom is -0.490 e. The first-order valence-electron chi connectivity index (χ1n) is 7.62. The zero-order chi connectivity index (χ0) is 17.6. The third kappa shape index (κ3) is 4.58. The predicted octanol–water partition coefficient (Wildman–Crippen LogP) is 3.02. The van der Waals surface area contributed by atoms with E-state index in [1.165, 1.54) is 19.1 Å². The van der Waals surface area contributed by atoms with Crippen LogP contribution in [0.25, 0.3) is 0 Å². The number of hydrogen-bond acceptors (Lipinski definition) is 5. The van der Waals surface area contributed by atoms with Crippen LogP contribution in [-0.2, 0) is 14.6 Å². The zero-order valence-electron chi connectivity index (χ0n) is 13.7. The highest BCUT2D eigenvalue weighted by molar-refractivity contribution is 7.91. The summed E-state index contributed by atoms with van der Waals surface area (Å²) in [6, 6.07) is 13.6. The van der Waals surface area contributed by atoms with Crippen LogP contribution in [0.5, 0.6) is 5.75 Å². The van der Waals surface area contributed by atoms with Crippen LogP contribution in [0.4, 0.5) is 0 Å². The Hall–Kier alpha value is -2.34. The topological polar surface area (TPSA) is 69.7 Å². The number of carbonyl (C=O) groups is 1. The summed E-state index contributed by atoms with van der Waals surface area (Å²) in [5, 5.41) is 0. The lowest BCUT2D eigenvalue weighted by Crippen LogP contribution is -2.16. The second-order valence-corrected chi connectivity index (χ2v) is 7.44. The van der Waals surface area contributed by atoms with E-state index in [4.69, 9.17) is 9.47 Å². The fourth-order valence-electron chi connectivity index (χ4n) is 2.07. The van der Waals surface area contributed by atoms with Crippen molar-refractivity contribution in [2.24, 2.45) is 0 Å². The number of aryl methyl sites for hydroxylation is 1. The van der Waals surface area contributed by atoms with Crippen molar-refractivity contribution in [3.63, 3.8) is 0 Å². The average molecular weight is 348 g/mol. The molecule has 0 saturated heterocycles. The van der Waals surface area contributed by atoms with E-state index in [0.29, 0.717) is 5.75 Å². The van der Waals surface area contributed by atoms with E-state index in [1.807, 2.05) is 31.2 Å². The van der Waals surface area contributed by atoms with E-state index < -0.39 is 15.8 Å². The van der Waals surface area contributed by atoms with Crippen molar-refractivity contribution in [2.75, 3.05) is 19.0 Å². The van der Waals surface area contributed by atoms with Gasteiger partial charge in [-0.1, -0.05) is 36.8 Å². The third-order valence-electron chi connectivity index (χ3n) is 3.43. The molecule has 0 unspecified atom stereocenters. The van der Waals surface area contributed by atoms with Crippen LogP contribution in [0, 0.1) is 6.92 Å². The van der Waals surface area contributed by atoms with Gasteiger partial charge in [0.15, 0.2) is 9.84 Å². The molecule has 24 heavy (non-hydrogen) atoms. The Bertz CT molecular complexity index is 794. The van der Waals surface area contributed by atoms with Crippen molar-refractivity contribution in [2.45, 2.75) is 18.7 Å². The molecule has 0 aliphatic heterocycles. The number of rotatable bonds is 7. The lowest BCUT2D eigenvalue weighted by Gasteiger charge is -2.10. The highest BCUT2D eigenvalue weighted by Gasteiger charge is 2.21. The Balaban J connectivity index is 1.95. The van der Waals surface area contributed by atoms with Gasteiger partial charge in [-0.2, -0.15) is 0 Å². The summed E-state index contributed by atoms with van der Waals surface area (Å²) < 4.78 is 34.7. The molecule has 0 saturated carbocycles. The molecule has 0 aliphatic carbocycles. The van der Waals surface area contributed by atoms with Gasteiger partial charge in [-0.15, -0.1) is 0 Å². The Kier molecular flexibility index (Phi) is 5.98. The maximum absolute atomic E-state index is 12.1. The molecule has 0 radical (unpaired) electrons. The number of ether oxygens (including phenoxy) is 2. The van der Waals surface area contributed by atoms with Gasteiger partial charge in [0.25, 0.3) is 0 Å². The van der Waals surface area contributed by atoms with E-state index in [9.17, 15) is 13.2 Å². The molecule has 0 aliphatic rings. The molecule has 2 rings (SSSR count). The highest BCUT2D eigenvalue weighted by Crippen LogP contribution is 2.18. The van der Waals surface area contributed by atoms with Crippen molar-refractivity contribution >= 4 is 15.8 Å². The first kappa shape index (κ1) is 18.0. The van der Waals surface area contributed by atoms with Crippen LogP contribution < -0.4 is 4.74 Å². The summed E-state index contributed by atoms with van der Waals surface area (Å²) in [5.74, 6) is -0.0610. The van der Waals surface area contributed by atoms with Gasteiger partial charge in [0.2, 0.25) is 0 Å². The molecule has 0 spiro atoms. The standard InChI is InChI=1S/C18H20O5S/c1-3-24(20,21)17-7-5-4-6-16(17)18(19)23-13-12-22-15-10-8-14(2)9-11-15/h4-11H,3,12-13H2,1-2H3. The lowest BCUT2D eigenvalue weighted by molar-refractivity contribution is 0.0446.